The lowest BCUT2D eigenvalue weighted by Gasteiger charge is -2.55. The number of hydrogen-bond donors (Lipinski definition) is 1. The van der Waals surface area contributed by atoms with Crippen molar-refractivity contribution in [1.82, 2.24) is 0 Å². The zero-order valence-corrected chi connectivity index (χ0v) is 18.6. The van der Waals surface area contributed by atoms with Gasteiger partial charge in [-0.25, -0.2) is 4.90 Å². The van der Waals surface area contributed by atoms with Crippen molar-refractivity contribution in [3.05, 3.63) is 95.1 Å². The summed E-state index contributed by atoms with van der Waals surface area (Å²) in [6.07, 6.45) is -0.856. The number of rotatable bonds is 4. The maximum atomic E-state index is 14.0. The number of ether oxygens (including phenoxy) is 1. The van der Waals surface area contributed by atoms with Crippen LogP contribution in [0.2, 0.25) is 0 Å². The van der Waals surface area contributed by atoms with Gasteiger partial charge in [0.1, 0.15) is 5.75 Å². The van der Waals surface area contributed by atoms with Crippen LogP contribution in [-0.4, -0.2) is 29.6 Å². The second-order valence-electron chi connectivity index (χ2n) is 9.14. The van der Waals surface area contributed by atoms with Crippen LogP contribution in [-0.2, 0) is 15.0 Å². The third kappa shape index (κ3) is 2.40. The first-order valence-electron chi connectivity index (χ1n) is 11.5. The molecule has 1 N–H and O–H groups in total. The minimum atomic E-state index is -0.973. The van der Waals surface area contributed by atoms with Crippen LogP contribution in [0.15, 0.2) is 72.8 Å². The number of carbonyl (C=O) groups is 2. The van der Waals surface area contributed by atoms with Crippen molar-refractivity contribution >= 4 is 17.5 Å². The Morgan fingerprint density at radius 3 is 2.03 bits per heavy atom. The van der Waals surface area contributed by atoms with Gasteiger partial charge >= 0.3 is 0 Å². The Kier molecular flexibility index (Phi) is 4.30. The van der Waals surface area contributed by atoms with Gasteiger partial charge < -0.3 is 9.84 Å². The molecule has 3 aromatic rings. The summed E-state index contributed by atoms with van der Waals surface area (Å²) in [5, 5.41) is 11.4. The quantitative estimate of drug-likeness (QED) is 0.624. The van der Waals surface area contributed by atoms with E-state index in [2.05, 4.69) is 0 Å². The van der Waals surface area contributed by atoms with E-state index in [0.29, 0.717) is 18.0 Å². The van der Waals surface area contributed by atoms with E-state index in [9.17, 15) is 14.7 Å². The summed E-state index contributed by atoms with van der Waals surface area (Å²) in [7, 11) is 0. The molecule has 0 unspecified atom stereocenters. The second-order valence-corrected chi connectivity index (χ2v) is 9.14. The van der Waals surface area contributed by atoms with E-state index in [1.54, 1.807) is 31.2 Å². The van der Waals surface area contributed by atoms with E-state index in [4.69, 9.17) is 4.74 Å². The van der Waals surface area contributed by atoms with Crippen LogP contribution < -0.4 is 9.64 Å². The highest BCUT2D eigenvalue weighted by Gasteiger charge is 2.69. The number of aliphatic hydroxyl groups excluding tert-OH is 1. The summed E-state index contributed by atoms with van der Waals surface area (Å²) in [4.78, 5) is 29.3. The lowest BCUT2D eigenvalue weighted by atomic mass is 9.46. The van der Waals surface area contributed by atoms with Gasteiger partial charge in [0.05, 0.1) is 35.6 Å². The molecule has 3 aromatic carbocycles. The number of carbonyl (C=O) groups excluding carboxylic acids is 2. The summed E-state index contributed by atoms with van der Waals surface area (Å²) >= 11 is 0. The predicted molar refractivity (Wildman–Crippen MR) is 124 cm³/mol. The van der Waals surface area contributed by atoms with Gasteiger partial charge in [-0.15, -0.1) is 0 Å². The van der Waals surface area contributed by atoms with Crippen molar-refractivity contribution in [3.63, 3.8) is 0 Å². The molecule has 3 atom stereocenters. The number of nitrogens with zero attached hydrogens (tertiary/aromatic N) is 1. The Morgan fingerprint density at radius 2 is 1.48 bits per heavy atom. The van der Waals surface area contributed by atoms with Crippen LogP contribution in [0.4, 0.5) is 5.69 Å². The molecule has 5 heteroatoms. The van der Waals surface area contributed by atoms with Crippen molar-refractivity contribution in [2.24, 2.45) is 11.8 Å². The molecule has 1 aliphatic heterocycles. The van der Waals surface area contributed by atoms with Gasteiger partial charge in [-0.05, 0) is 60.4 Å². The number of aliphatic hydroxyl groups is 1. The van der Waals surface area contributed by atoms with E-state index in [0.717, 1.165) is 22.3 Å². The van der Waals surface area contributed by atoms with Crippen LogP contribution >= 0.6 is 0 Å². The van der Waals surface area contributed by atoms with E-state index in [1.807, 2.05) is 55.5 Å². The predicted octanol–water partition coefficient (Wildman–Crippen LogP) is 4.02. The summed E-state index contributed by atoms with van der Waals surface area (Å²) in [6, 6.07) is 23.0. The highest BCUT2D eigenvalue weighted by Crippen LogP contribution is 2.65. The molecule has 1 heterocycles. The highest BCUT2D eigenvalue weighted by molar-refractivity contribution is 6.23. The molecule has 3 aliphatic carbocycles. The topological polar surface area (TPSA) is 66.8 Å². The van der Waals surface area contributed by atoms with Crippen molar-refractivity contribution in [3.8, 4) is 5.75 Å². The largest absolute Gasteiger partial charge is 0.494 e. The van der Waals surface area contributed by atoms with Crippen molar-refractivity contribution < 1.29 is 19.4 Å². The Labute approximate surface area is 192 Å². The van der Waals surface area contributed by atoms with Gasteiger partial charge in [0, 0.05) is 5.92 Å². The zero-order valence-electron chi connectivity index (χ0n) is 18.6. The molecule has 0 aromatic heterocycles. The van der Waals surface area contributed by atoms with Crippen LogP contribution in [0.25, 0.3) is 0 Å². The molecule has 1 fully saturated rings. The van der Waals surface area contributed by atoms with Gasteiger partial charge in [0.15, 0.2) is 0 Å². The van der Waals surface area contributed by atoms with Crippen LogP contribution in [0.5, 0.6) is 5.75 Å². The fourth-order valence-electron chi connectivity index (χ4n) is 6.65. The third-order valence-electron chi connectivity index (χ3n) is 7.75. The number of amides is 2. The van der Waals surface area contributed by atoms with Crippen molar-refractivity contribution in [2.75, 3.05) is 11.5 Å². The molecule has 0 saturated carbocycles. The number of imide groups is 1. The smallest absolute Gasteiger partial charge is 0.239 e. The maximum absolute atomic E-state index is 14.0. The first-order chi connectivity index (χ1) is 16.0. The number of benzene rings is 3. The highest BCUT2D eigenvalue weighted by atomic mass is 16.5. The molecule has 0 radical (unpaired) electrons. The molecule has 7 rings (SSSR count). The zero-order chi connectivity index (χ0) is 22.9. The molecule has 2 bridgehead atoms. The van der Waals surface area contributed by atoms with E-state index in [-0.39, 0.29) is 17.7 Å². The molecule has 4 aliphatic rings. The third-order valence-corrected chi connectivity index (χ3v) is 7.75. The first-order valence-corrected chi connectivity index (χ1v) is 11.5. The lowest BCUT2D eigenvalue weighted by Crippen LogP contribution is -2.58. The van der Waals surface area contributed by atoms with Crippen LogP contribution in [0.3, 0.4) is 0 Å². The Morgan fingerprint density at radius 1 is 0.909 bits per heavy atom. The standard InChI is InChI=1S/C28H25NO4/c1-3-33-18-14-12-17(13-15-18)29-26(31)24-23-19-8-4-6-10-21(19)28(16(2)30,25(24)27(29)32)22-11-7-5-9-20(22)23/h4-16,23-25,30H,3H2,1-2H3/t16-,23?,24+,25-,28?/m1/s1. The van der Waals surface area contributed by atoms with Crippen LogP contribution in [0.1, 0.15) is 42.0 Å². The SMILES string of the molecule is CCOc1ccc(N2C(=O)[C@H]3C4c5ccccc5C([C@@H](C)O)(c5ccccc54)[C@H]3C2=O)cc1. The van der Waals surface area contributed by atoms with E-state index in [1.165, 1.54) is 4.90 Å². The van der Waals surface area contributed by atoms with E-state index < -0.39 is 23.4 Å². The maximum Gasteiger partial charge on any atom is 0.239 e. The fraction of sp³-hybridized carbons (Fsp3) is 0.286. The van der Waals surface area contributed by atoms with Crippen molar-refractivity contribution in [1.29, 1.82) is 0 Å². The monoisotopic (exact) mass is 439 g/mol. The first kappa shape index (κ1) is 20.2. The minimum absolute atomic E-state index is 0.201. The van der Waals surface area contributed by atoms with Gasteiger partial charge in [-0.1, -0.05) is 48.5 Å². The second kappa shape index (κ2) is 7.03. The van der Waals surface area contributed by atoms with Gasteiger partial charge in [-0.2, -0.15) is 0 Å². The van der Waals surface area contributed by atoms with Gasteiger partial charge in [-0.3, -0.25) is 9.59 Å². The van der Waals surface area contributed by atoms with Crippen molar-refractivity contribution in [2.45, 2.75) is 31.3 Å². The summed E-state index contributed by atoms with van der Waals surface area (Å²) in [5.41, 5.74) is 3.55. The number of hydrogen-bond acceptors (Lipinski definition) is 4. The molecular weight excluding hydrogens is 414 g/mol. The molecule has 166 valence electrons. The fourth-order valence-corrected chi connectivity index (χ4v) is 6.65. The Balaban J connectivity index is 1.58. The Hall–Kier alpha value is -3.44. The summed E-state index contributed by atoms with van der Waals surface area (Å²) < 4.78 is 5.53. The minimum Gasteiger partial charge on any atom is -0.494 e. The average molecular weight is 440 g/mol. The Bertz CT molecular complexity index is 1230. The number of anilines is 1. The average Bonchev–Trinajstić information content (AvgIpc) is 3.10. The molecule has 2 amide bonds. The van der Waals surface area contributed by atoms with E-state index >= 15 is 0 Å². The molecule has 5 nitrogen and oxygen atoms in total. The van der Waals surface area contributed by atoms with Gasteiger partial charge in [0.2, 0.25) is 11.8 Å². The molecule has 1 saturated heterocycles. The summed E-state index contributed by atoms with van der Waals surface area (Å²) in [6.45, 7) is 4.19. The summed E-state index contributed by atoms with van der Waals surface area (Å²) in [5.74, 6) is -1.18. The normalized spacial score (nSPS) is 27.7. The lowest BCUT2D eigenvalue weighted by molar-refractivity contribution is -0.126. The molecule has 0 spiro atoms. The van der Waals surface area contributed by atoms with Crippen LogP contribution in [0, 0.1) is 11.8 Å². The molecular formula is C28H25NO4. The molecule has 33 heavy (non-hydrogen) atoms. The van der Waals surface area contributed by atoms with Gasteiger partial charge in [0.25, 0.3) is 0 Å².